The van der Waals surface area contributed by atoms with E-state index in [0.717, 1.165) is 0 Å². The summed E-state index contributed by atoms with van der Waals surface area (Å²) in [6.45, 7) is 0. The van der Waals surface area contributed by atoms with Gasteiger partial charge in [0.25, 0.3) is 0 Å². The Morgan fingerprint density at radius 1 is 1.22 bits per heavy atom. The summed E-state index contributed by atoms with van der Waals surface area (Å²) in [7, 11) is 0. The van der Waals surface area contributed by atoms with Gasteiger partial charge in [-0.05, 0) is 12.1 Å². The molecule has 2 atom stereocenters. The Morgan fingerprint density at radius 2 is 1.67 bits per heavy atom. The van der Waals surface area contributed by atoms with Gasteiger partial charge < -0.3 is 10.8 Å². The van der Waals surface area contributed by atoms with Crippen LogP contribution in [0.4, 0.5) is 13.2 Å². The number of aliphatic hydroxyl groups excluding tert-OH is 1. The van der Waals surface area contributed by atoms with Crippen LogP contribution in [-0.2, 0) is 0 Å². The molecular formula is C10H11Cl3F3NO. The summed E-state index contributed by atoms with van der Waals surface area (Å²) >= 11 is 11.5. The fourth-order valence-electron chi connectivity index (χ4n) is 1.32. The fraction of sp³-hybridized carbons (Fsp3) is 0.400. The maximum atomic E-state index is 12.2. The van der Waals surface area contributed by atoms with Crippen molar-refractivity contribution in [3.63, 3.8) is 0 Å². The molecule has 18 heavy (non-hydrogen) atoms. The van der Waals surface area contributed by atoms with Gasteiger partial charge >= 0.3 is 6.18 Å². The minimum Gasteiger partial charge on any atom is -0.388 e. The summed E-state index contributed by atoms with van der Waals surface area (Å²) < 4.78 is 36.7. The quantitative estimate of drug-likeness (QED) is 0.890. The van der Waals surface area contributed by atoms with E-state index >= 15 is 0 Å². The van der Waals surface area contributed by atoms with Gasteiger partial charge in [0, 0.05) is 22.0 Å². The highest BCUT2D eigenvalue weighted by Crippen LogP contribution is 2.34. The van der Waals surface area contributed by atoms with Gasteiger partial charge in [-0.3, -0.25) is 0 Å². The number of aliphatic hydroxyl groups is 1. The molecule has 104 valence electrons. The maximum Gasteiger partial charge on any atom is 0.403 e. The summed E-state index contributed by atoms with van der Waals surface area (Å²) in [5.41, 5.74) is 4.98. The first-order valence-electron chi connectivity index (χ1n) is 4.67. The average Bonchev–Trinajstić information content (AvgIpc) is 2.15. The normalized spacial score (nSPS) is 14.8. The molecule has 0 saturated heterocycles. The van der Waals surface area contributed by atoms with Gasteiger partial charge in [0.2, 0.25) is 0 Å². The molecule has 0 fully saturated rings. The number of rotatable bonds is 3. The van der Waals surface area contributed by atoms with Crippen LogP contribution in [0.2, 0.25) is 10.0 Å². The number of nitrogens with two attached hydrogens (primary N) is 1. The van der Waals surface area contributed by atoms with Crippen molar-refractivity contribution in [1.29, 1.82) is 0 Å². The molecule has 0 unspecified atom stereocenters. The highest BCUT2D eigenvalue weighted by molar-refractivity contribution is 6.36. The third kappa shape index (κ3) is 4.48. The van der Waals surface area contributed by atoms with Gasteiger partial charge in [0.1, 0.15) is 6.04 Å². The second-order valence-corrected chi connectivity index (χ2v) is 4.35. The molecule has 0 heterocycles. The number of hydrogen-bond donors (Lipinski definition) is 2. The molecule has 0 saturated carbocycles. The fourth-order valence-corrected chi connectivity index (χ4v) is 1.97. The molecule has 3 N–H and O–H groups in total. The second kappa shape index (κ2) is 6.82. The van der Waals surface area contributed by atoms with Crippen LogP contribution >= 0.6 is 35.6 Å². The SMILES string of the molecule is Cl.N[C@@H](C[C@H](O)c1c(Cl)cccc1Cl)C(F)(F)F. The first-order chi connectivity index (χ1) is 7.73. The van der Waals surface area contributed by atoms with Crippen molar-refractivity contribution in [1.82, 2.24) is 0 Å². The molecule has 0 radical (unpaired) electrons. The summed E-state index contributed by atoms with van der Waals surface area (Å²) in [5.74, 6) is 0. The molecule has 0 aliphatic rings. The van der Waals surface area contributed by atoms with Gasteiger partial charge in [0.15, 0.2) is 0 Å². The van der Waals surface area contributed by atoms with Crippen molar-refractivity contribution in [3.8, 4) is 0 Å². The zero-order valence-corrected chi connectivity index (χ0v) is 11.2. The van der Waals surface area contributed by atoms with Crippen LogP contribution in [0.3, 0.4) is 0 Å². The highest BCUT2D eigenvalue weighted by Gasteiger charge is 2.38. The van der Waals surface area contributed by atoms with Crippen LogP contribution in [0.15, 0.2) is 18.2 Å². The van der Waals surface area contributed by atoms with E-state index in [1.54, 1.807) is 0 Å². The smallest absolute Gasteiger partial charge is 0.388 e. The molecule has 0 amide bonds. The van der Waals surface area contributed by atoms with E-state index in [1.165, 1.54) is 18.2 Å². The van der Waals surface area contributed by atoms with Gasteiger partial charge in [0.05, 0.1) is 6.10 Å². The zero-order valence-electron chi connectivity index (χ0n) is 8.92. The Bertz CT molecular complexity index is 380. The van der Waals surface area contributed by atoms with Crippen LogP contribution in [-0.4, -0.2) is 17.3 Å². The van der Waals surface area contributed by atoms with Crippen molar-refractivity contribution < 1.29 is 18.3 Å². The largest absolute Gasteiger partial charge is 0.403 e. The second-order valence-electron chi connectivity index (χ2n) is 3.53. The lowest BCUT2D eigenvalue weighted by Gasteiger charge is -2.20. The van der Waals surface area contributed by atoms with Crippen LogP contribution in [0.1, 0.15) is 18.1 Å². The van der Waals surface area contributed by atoms with Crippen LogP contribution in [0.25, 0.3) is 0 Å². The summed E-state index contributed by atoms with van der Waals surface area (Å²) in [4.78, 5) is 0. The topological polar surface area (TPSA) is 46.2 Å². The third-order valence-corrected chi connectivity index (χ3v) is 2.89. The Kier molecular flexibility index (Phi) is 6.74. The van der Waals surface area contributed by atoms with Gasteiger partial charge in [-0.1, -0.05) is 29.3 Å². The van der Waals surface area contributed by atoms with Crippen molar-refractivity contribution >= 4 is 35.6 Å². The molecule has 1 rings (SSSR count). The van der Waals surface area contributed by atoms with Crippen LogP contribution < -0.4 is 5.73 Å². The van der Waals surface area contributed by atoms with Crippen molar-refractivity contribution in [2.24, 2.45) is 5.73 Å². The van der Waals surface area contributed by atoms with E-state index < -0.39 is 24.7 Å². The molecule has 2 nitrogen and oxygen atoms in total. The van der Waals surface area contributed by atoms with E-state index in [-0.39, 0.29) is 28.0 Å². The first kappa shape index (κ1) is 17.8. The Labute approximate surface area is 118 Å². The number of benzene rings is 1. The number of halogens is 6. The maximum absolute atomic E-state index is 12.2. The van der Waals surface area contributed by atoms with E-state index in [2.05, 4.69) is 0 Å². The Balaban J connectivity index is 0.00000289. The molecule has 0 aliphatic heterocycles. The summed E-state index contributed by atoms with van der Waals surface area (Å²) in [6.07, 6.45) is -6.70. The first-order valence-corrected chi connectivity index (χ1v) is 5.43. The van der Waals surface area contributed by atoms with Crippen molar-refractivity contribution in [3.05, 3.63) is 33.8 Å². The summed E-state index contributed by atoms with van der Waals surface area (Å²) in [5, 5.41) is 9.89. The van der Waals surface area contributed by atoms with E-state index in [1.807, 2.05) is 0 Å². The monoisotopic (exact) mass is 323 g/mol. The third-order valence-electron chi connectivity index (χ3n) is 2.23. The lowest BCUT2D eigenvalue weighted by molar-refractivity contribution is -0.153. The minimum atomic E-state index is -4.56. The molecular weight excluding hydrogens is 313 g/mol. The Hall–Kier alpha value is -0.200. The molecule has 0 bridgehead atoms. The minimum absolute atomic E-state index is 0. The zero-order chi connectivity index (χ0) is 13.2. The van der Waals surface area contributed by atoms with E-state index in [0.29, 0.717) is 0 Å². The number of alkyl halides is 3. The Morgan fingerprint density at radius 3 is 2.06 bits per heavy atom. The molecule has 8 heteroatoms. The van der Waals surface area contributed by atoms with Gasteiger partial charge in [-0.25, -0.2) is 0 Å². The lowest BCUT2D eigenvalue weighted by atomic mass is 10.0. The standard InChI is InChI=1S/C10H10Cl2F3NO.ClH/c11-5-2-1-3-6(12)9(5)7(17)4-8(16)10(13,14)15;/h1-3,7-8,17H,4,16H2;1H/t7-,8-;/m0./s1. The van der Waals surface area contributed by atoms with Crippen LogP contribution in [0, 0.1) is 0 Å². The average molecular weight is 325 g/mol. The van der Waals surface area contributed by atoms with Gasteiger partial charge in [-0.2, -0.15) is 13.2 Å². The molecule has 0 aromatic heterocycles. The lowest BCUT2D eigenvalue weighted by Crippen LogP contribution is -2.38. The highest BCUT2D eigenvalue weighted by atomic mass is 35.5. The van der Waals surface area contributed by atoms with E-state index in [4.69, 9.17) is 28.9 Å². The van der Waals surface area contributed by atoms with Crippen molar-refractivity contribution in [2.75, 3.05) is 0 Å². The molecule has 1 aromatic rings. The predicted octanol–water partition coefficient (Wildman–Crippen LogP) is 3.73. The molecule has 0 spiro atoms. The van der Waals surface area contributed by atoms with Gasteiger partial charge in [-0.15, -0.1) is 12.4 Å². The van der Waals surface area contributed by atoms with Crippen molar-refractivity contribution in [2.45, 2.75) is 24.7 Å². The molecule has 0 aliphatic carbocycles. The van der Waals surface area contributed by atoms with Crippen LogP contribution in [0.5, 0.6) is 0 Å². The molecule has 1 aromatic carbocycles. The summed E-state index contributed by atoms with van der Waals surface area (Å²) in [6, 6.07) is 2.28. The van der Waals surface area contributed by atoms with E-state index in [9.17, 15) is 18.3 Å². The number of hydrogen-bond acceptors (Lipinski definition) is 2. The predicted molar refractivity (Wildman–Crippen MR) is 67.3 cm³/mol.